The molecule has 5 rings (SSSR count). The van der Waals surface area contributed by atoms with Gasteiger partial charge in [0.05, 0.1) is 0 Å². The number of aromatic nitrogens is 1. The molecule has 5 aromatic rings. The lowest BCUT2D eigenvalue weighted by Gasteiger charge is -2.25. The molecule has 0 amide bonds. The first kappa shape index (κ1) is 15.1. The van der Waals surface area contributed by atoms with Crippen LogP contribution in [0.4, 0.5) is 17.1 Å². The van der Waals surface area contributed by atoms with Crippen molar-refractivity contribution in [3.8, 4) is 0 Å². The van der Waals surface area contributed by atoms with Crippen molar-refractivity contribution in [2.75, 3.05) is 4.90 Å². The summed E-state index contributed by atoms with van der Waals surface area (Å²) in [5.74, 6) is 0. The van der Waals surface area contributed by atoms with Gasteiger partial charge in [0.15, 0.2) is 0 Å². The molecular weight excluding hydrogens is 336 g/mol. The number of para-hydroxylation sites is 1. The van der Waals surface area contributed by atoms with Gasteiger partial charge in [-0.25, -0.2) is 0 Å². The minimum absolute atomic E-state index is 1.10. The SMILES string of the molecule is c1ccc(N(c2ccncc2)c2ccc3c(c2)sc2ccccc23)cc1. The smallest absolute Gasteiger partial charge is 0.0492 e. The van der Waals surface area contributed by atoms with E-state index >= 15 is 0 Å². The van der Waals surface area contributed by atoms with Gasteiger partial charge in [0.1, 0.15) is 0 Å². The van der Waals surface area contributed by atoms with Crippen molar-refractivity contribution < 1.29 is 0 Å². The van der Waals surface area contributed by atoms with Crippen molar-refractivity contribution in [2.45, 2.75) is 0 Å². The van der Waals surface area contributed by atoms with Gasteiger partial charge in [-0.2, -0.15) is 0 Å². The van der Waals surface area contributed by atoms with Crippen LogP contribution in [0.15, 0.2) is 97.3 Å². The van der Waals surface area contributed by atoms with Gasteiger partial charge in [-0.3, -0.25) is 4.98 Å². The van der Waals surface area contributed by atoms with Crippen molar-refractivity contribution in [3.05, 3.63) is 97.3 Å². The number of rotatable bonds is 3. The van der Waals surface area contributed by atoms with Gasteiger partial charge in [-0.1, -0.05) is 42.5 Å². The quantitative estimate of drug-likeness (QED) is 0.350. The van der Waals surface area contributed by atoms with Crippen molar-refractivity contribution in [1.29, 1.82) is 0 Å². The molecule has 0 fully saturated rings. The normalized spacial score (nSPS) is 11.1. The monoisotopic (exact) mass is 352 g/mol. The van der Waals surface area contributed by atoms with Crippen molar-refractivity contribution >= 4 is 48.6 Å². The number of hydrogen-bond acceptors (Lipinski definition) is 3. The third-order valence-corrected chi connectivity index (χ3v) is 5.69. The number of anilines is 3. The Morgan fingerprint density at radius 1 is 0.577 bits per heavy atom. The predicted molar refractivity (Wildman–Crippen MR) is 112 cm³/mol. The summed E-state index contributed by atoms with van der Waals surface area (Å²) in [5, 5.41) is 2.64. The third-order valence-electron chi connectivity index (χ3n) is 4.56. The molecule has 0 saturated carbocycles. The molecule has 0 radical (unpaired) electrons. The van der Waals surface area contributed by atoms with Crippen LogP contribution in [0.3, 0.4) is 0 Å². The van der Waals surface area contributed by atoms with E-state index in [0.29, 0.717) is 0 Å². The van der Waals surface area contributed by atoms with E-state index in [1.54, 1.807) is 0 Å². The van der Waals surface area contributed by atoms with Gasteiger partial charge in [0, 0.05) is 49.6 Å². The second-order valence-corrected chi connectivity index (χ2v) is 7.24. The number of thiophene rings is 1. The van der Waals surface area contributed by atoms with E-state index < -0.39 is 0 Å². The highest BCUT2D eigenvalue weighted by Crippen LogP contribution is 2.39. The molecule has 0 unspecified atom stereocenters. The van der Waals surface area contributed by atoms with Gasteiger partial charge in [-0.05, 0) is 42.5 Å². The average molecular weight is 352 g/mol. The number of benzene rings is 3. The lowest BCUT2D eigenvalue weighted by Crippen LogP contribution is -2.09. The van der Waals surface area contributed by atoms with E-state index in [-0.39, 0.29) is 0 Å². The Balaban J connectivity index is 1.72. The standard InChI is InChI=1S/C23H16N2S/c1-2-6-17(7-3-1)25(18-12-14-24-15-13-18)19-10-11-21-20-8-4-5-9-22(20)26-23(21)16-19/h1-16H. The zero-order chi connectivity index (χ0) is 17.3. The fourth-order valence-electron chi connectivity index (χ4n) is 3.37. The average Bonchev–Trinajstić information content (AvgIpc) is 3.08. The highest BCUT2D eigenvalue weighted by atomic mass is 32.1. The Bertz CT molecular complexity index is 1140. The Hall–Kier alpha value is -3.17. The van der Waals surface area contributed by atoms with Gasteiger partial charge >= 0.3 is 0 Å². The molecule has 2 aromatic heterocycles. The van der Waals surface area contributed by atoms with Crippen LogP contribution in [-0.4, -0.2) is 4.98 Å². The second-order valence-electron chi connectivity index (χ2n) is 6.16. The number of hydrogen-bond donors (Lipinski definition) is 0. The minimum Gasteiger partial charge on any atom is -0.310 e. The summed E-state index contributed by atoms with van der Waals surface area (Å²) in [5.41, 5.74) is 3.40. The topological polar surface area (TPSA) is 16.1 Å². The maximum absolute atomic E-state index is 4.17. The highest BCUT2D eigenvalue weighted by Gasteiger charge is 2.13. The predicted octanol–water partition coefficient (Wildman–Crippen LogP) is 6.92. The number of pyridine rings is 1. The fourth-order valence-corrected chi connectivity index (χ4v) is 4.51. The van der Waals surface area contributed by atoms with E-state index in [1.165, 1.54) is 20.2 Å². The maximum atomic E-state index is 4.17. The van der Waals surface area contributed by atoms with Crippen LogP contribution in [0.25, 0.3) is 20.2 Å². The molecular formula is C23H16N2S. The van der Waals surface area contributed by atoms with E-state index in [2.05, 4.69) is 76.6 Å². The lowest BCUT2D eigenvalue weighted by molar-refractivity contribution is 1.25. The summed E-state index contributed by atoms with van der Waals surface area (Å²) >= 11 is 1.84. The minimum atomic E-state index is 1.10. The number of fused-ring (bicyclic) bond motifs is 3. The van der Waals surface area contributed by atoms with Crippen LogP contribution in [0.5, 0.6) is 0 Å². The largest absolute Gasteiger partial charge is 0.310 e. The first-order chi connectivity index (χ1) is 12.9. The van der Waals surface area contributed by atoms with Gasteiger partial charge in [0.25, 0.3) is 0 Å². The molecule has 0 N–H and O–H groups in total. The van der Waals surface area contributed by atoms with Crippen molar-refractivity contribution in [1.82, 2.24) is 4.98 Å². The Morgan fingerprint density at radius 2 is 1.27 bits per heavy atom. The summed E-state index contributed by atoms with van der Waals surface area (Å²) in [6.45, 7) is 0. The van der Waals surface area contributed by atoms with Crippen LogP contribution in [0, 0.1) is 0 Å². The summed E-state index contributed by atoms with van der Waals surface area (Å²) in [4.78, 5) is 6.44. The van der Waals surface area contributed by atoms with Crippen molar-refractivity contribution in [2.24, 2.45) is 0 Å². The highest BCUT2D eigenvalue weighted by molar-refractivity contribution is 7.25. The van der Waals surface area contributed by atoms with E-state index in [1.807, 2.05) is 41.9 Å². The van der Waals surface area contributed by atoms with Gasteiger partial charge in [0.2, 0.25) is 0 Å². The molecule has 2 nitrogen and oxygen atoms in total. The second kappa shape index (κ2) is 6.28. The maximum Gasteiger partial charge on any atom is 0.0492 e. The lowest BCUT2D eigenvalue weighted by atomic mass is 10.1. The molecule has 0 bridgehead atoms. The first-order valence-electron chi connectivity index (χ1n) is 8.57. The molecule has 0 aliphatic heterocycles. The summed E-state index contributed by atoms with van der Waals surface area (Å²) in [6.07, 6.45) is 3.67. The fraction of sp³-hybridized carbons (Fsp3) is 0. The molecule has 0 saturated heterocycles. The molecule has 0 aliphatic carbocycles. The van der Waals surface area contributed by atoms with Crippen LogP contribution in [0.1, 0.15) is 0 Å². The Labute approximate surface area is 156 Å². The van der Waals surface area contributed by atoms with Gasteiger partial charge < -0.3 is 4.90 Å². The molecule has 2 heterocycles. The molecule has 0 aliphatic rings. The molecule has 0 spiro atoms. The van der Waals surface area contributed by atoms with Crippen molar-refractivity contribution in [3.63, 3.8) is 0 Å². The molecule has 0 atom stereocenters. The van der Waals surface area contributed by atoms with Crippen LogP contribution in [0.2, 0.25) is 0 Å². The zero-order valence-electron chi connectivity index (χ0n) is 14.0. The third kappa shape index (κ3) is 2.54. The van der Waals surface area contributed by atoms with E-state index in [4.69, 9.17) is 0 Å². The molecule has 124 valence electrons. The first-order valence-corrected chi connectivity index (χ1v) is 9.38. The van der Waals surface area contributed by atoms with E-state index in [0.717, 1.165) is 17.1 Å². The molecule has 3 heteroatoms. The van der Waals surface area contributed by atoms with Crippen LogP contribution >= 0.6 is 11.3 Å². The summed E-state index contributed by atoms with van der Waals surface area (Å²) < 4.78 is 2.63. The van der Waals surface area contributed by atoms with Crippen LogP contribution < -0.4 is 4.90 Å². The van der Waals surface area contributed by atoms with Gasteiger partial charge in [-0.15, -0.1) is 11.3 Å². The zero-order valence-corrected chi connectivity index (χ0v) is 14.9. The summed E-state index contributed by atoms with van der Waals surface area (Å²) in [6, 6.07) is 29.9. The Kier molecular flexibility index (Phi) is 3.65. The summed E-state index contributed by atoms with van der Waals surface area (Å²) in [7, 11) is 0. The Morgan fingerprint density at radius 3 is 2.12 bits per heavy atom. The van der Waals surface area contributed by atoms with E-state index in [9.17, 15) is 0 Å². The number of nitrogens with zero attached hydrogens (tertiary/aromatic N) is 2. The van der Waals surface area contributed by atoms with Crippen LogP contribution in [-0.2, 0) is 0 Å². The molecule has 3 aromatic carbocycles. The molecule has 26 heavy (non-hydrogen) atoms.